The average Bonchev–Trinajstić information content (AvgIpc) is 2.65. The molecule has 1 N–H and O–H groups in total. The summed E-state index contributed by atoms with van der Waals surface area (Å²) in [7, 11) is 0. The third-order valence-electron chi connectivity index (χ3n) is 4.68. The molecule has 2 aromatic carbocycles. The fraction of sp³-hybridized carbons (Fsp3) is 0.300. The fourth-order valence-corrected chi connectivity index (χ4v) is 3.13. The van der Waals surface area contributed by atoms with Gasteiger partial charge in [0.25, 0.3) is 11.2 Å². The number of hydrogen-bond donors (Lipinski definition) is 1. The molecule has 3 rings (SSSR count). The maximum Gasteiger partial charge on any atom is 0.430 e. The molecular weight excluding hydrogens is 414 g/mol. The van der Waals surface area contributed by atoms with Gasteiger partial charge in [-0.3, -0.25) is 9.36 Å². The van der Waals surface area contributed by atoms with Gasteiger partial charge in [0.15, 0.2) is 0 Å². The number of alkyl halides is 6. The zero-order valence-corrected chi connectivity index (χ0v) is 15.7. The Morgan fingerprint density at radius 1 is 0.900 bits per heavy atom. The molecule has 0 bridgehead atoms. The van der Waals surface area contributed by atoms with Gasteiger partial charge in [-0.05, 0) is 24.3 Å². The topological polar surface area (TPSA) is 55.1 Å². The molecule has 0 atom stereocenters. The van der Waals surface area contributed by atoms with E-state index in [2.05, 4.69) is 4.98 Å². The molecule has 0 unspecified atom stereocenters. The zero-order valence-electron chi connectivity index (χ0n) is 15.7. The second kappa shape index (κ2) is 7.12. The van der Waals surface area contributed by atoms with Gasteiger partial charge in [0, 0.05) is 11.5 Å². The summed E-state index contributed by atoms with van der Waals surface area (Å²) in [6.07, 6.45) is -12.0. The maximum atomic E-state index is 13.1. The first-order chi connectivity index (χ1) is 13.8. The van der Waals surface area contributed by atoms with Gasteiger partial charge in [-0.2, -0.15) is 26.3 Å². The van der Waals surface area contributed by atoms with Crippen molar-refractivity contribution in [2.45, 2.75) is 37.7 Å². The second-order valence-corrected chi connectivity index (χ2v) is 7.04. The highest BCUT2D eigenvalue weighted by Gasteiger charge is 2.71. The number of para-hydroxylation sites is 1. The Bertz CT molecular complexity index is 1120. The summed E-state index contributed by atoms with van der Waals surface area (Å²) in [5.74, 6) is 0.0117. The van der Waals surface area contributed by atoms with Gasteiger partial charge in [0.2, 0.25) is 0 Å². The zero-order chi connectivity index (χ0) is 22.5. The second-order valence-electron chi connectivity index (χ2n) is 7.04. The number of nitrogens with zero attached hydrogens (tertiary/aromatic N) is 2. The van der Waals surface area contributed by atoms with E-state index < -0.39 is 29.1 Å². The molecule has 0 saturated carbocycles. The van der Waals surface area contributed by atoms with Gasteiger partial charge in [0.1, 0.15) is 5.82 Å². The van der Waals surface area contributed by atoms with E-state index in [1.54, 1.807) is 32.0 Å². The third-order valence-corrected chi connectivity index (χ3v) is 4.68. The maximum absolute atomic E-state index is 13.1. The Balaban J connectivity index is 2.23. The largest absolute Gasteiger partial charge is 0.430 e. The van der Waals surface area contributed by atoms with E-state index in [-0.39, 0.29) is 22.8 Å². The van der Waals surface area contributed by atoms with E-state index in [4.69, 9.17) is 0 Å². The molecule has 1 heterocycles. The van der Waals surface area contributed by atoms with Crippen LogP contribution in [-0.4, -0.2) is 27.0 Å². The smallest absolute Gasteiger partial charge is 0.369 e. The molecule has 1 aromatic heterocycles. The SMILES string of the molecule is CC(C)c1nc2ccccc2c(=O)n1-c1ccc(C(O)(C(F)(F)F)C(F)(F)F)cc1. The van der Waals surface area contributed by atoms with Gasteiger partial charge < -0.3 is 5.11 Å². The minimum Gasteiger partial charge on any atom is -0.369 e. The molecule has 3 aromatic rings. The van der Waals surface area contributed by atoms with Crippen LogP contribution in [-0.2, 0) is 5.60 Å². The van der Waals surface area contributed by atoms with Crippen LogP contribution in [0.1, 0.15) is 31.2 Å². The molecule has 0 radical (unpaired) electrons. The van der Waals surface area contributed by atoms with Crippen molar-refractivity contribution in [3.63, 3.8) is 0 Å². The lowest BCUT2D eigenvalue weighted by atomic mass is 9.92. The normalized spacial score (nSPS) is 13.3. The Hall–Kier alpha value is -2.88. The number of hydrogen-bond acceptors (Lipinski definition) is 3. The molecular formula is C20H16F6N2O2. The summed E-state index contributed by atoms with van der Waals surface area (Å²) in [6, 6.07) is 9.29. The van der Waals surface area contributed by atoms with Crippen LogP contribution >= 0.6 is 0 Å². The van der Waals surface area contributed by atoms with E-state index in [1.807, 2.05) is 0 Å². The quantitative estimate of drug-likeness (QED) is 0.607. The van der Waals surface area contributed by atoms with E-state index in [9.17, 15) is 36.2 Å². The summed E-state index contributed by atoms with van der Waals surface area (Å²) in [5.41, 5.74) is -6.51. The Labute approximate surface area is 166 Å². The Morgan fingerprint density at radius 3 is 1.93 bits per heavy atom. The minimum absolute atomic E-state index is 0.0254. The first kappa shape index (κ1) is 21.8. The van der Waals surface area contributed by atoms with Crippen LogP contribution in [0.4, 0.5) is 26.3 Å². The number of aliphatic hydroxyl groups is 1. The Morgan fingerprint density at radius 2 is 1.43 bits per heavy atom. The molecule has 0 amide bonds. The van der Waals surface area contributed by atoms with Crippen molar-refractivity contribution < 1.29 is 31.4 Å². The number of aromatic nitrogens is 2. The van der Waals surface area contributed by atoms with Gasteiger partial charge in [-0.25, -0.2) is 4.98 Å². The van der Waals surface area contributed by atoms with E-state index in [1.165, 1.54) is 6.07 Å². The molecule has 10 heteroatoms. The monoisotopic (exact) mass is 430 g/mol. The van der Waals surface area contributed by atoms with Crippen LogP contribution in [0.3, 0.4) is 0 Å². The average molecular weight is 430 g/mol. The van der Waals surface area contributed by atoms with Crippen LogP contribution in [0.15, 0.2) is 53.3 Å². The van der Waals surface area contributed by atoms with Crippen LogP contribution in [0, 0.1) is 0 Å². The lowest BCUT2D eigenvalue weighted by molar-refractivity contribution is -0.376. The summed E-state index contributed by atoms with van der Waals surface area (Å²) in [4.78, 5) is 17.4. The highest BCUT2D eigenvalue weighted by atomic mass is 19.4. The van der Waals surface area contributed by atoms with Crippen molar-refractivity contribution in [3.05, 3.63) is 70.3 Å². The molecule has 0 fully saturated rings. The molecule has 0 aliphatic heterocycles. The predicted octanol–water partition coefficient (Wildman–Crippen LogP) is 4.82. The molecule has 0 saturated heterocycles. The van der Waals surface area contributed by atoms with Crippen LogP contribution in [0.2, 0.25) is 0 Å². The molecule has 0 spiro atoms. The Kier molecular flexibility index (Phi) is 5.18. The molecule has 0 aliphatic rings. The van der Waals surface area contributed by atoms with E-state index in [0.717, 1.165) is 16.7 Å². The molecule has 4 nitrogen and oxygen atoms in total. The summed E-state index contributed by atoms with van der Waals surface area (Å²) in [5, 5.41) is 9.77. The van der Waals surface area contributed by atoms with Crippen molar-refractivity contribution in [1.82, 2.24) is 9.55 Å². The number of fused-ring (bicyclic) bond motifs is 1. The van der Waals surface area contributed by atoms with Crippen molar-refractivity contribution >= 4 is 10.9 Å². The van der Waals surface area contributed by atoms with Crippen molar-refractivity contribution in [2.75, 3.05) is 0 Å². The standard InChI is InChI=1S/C20H16F6N2O2/c1-11(2)16-27-15-6-4-3-5-14(15)17(29)28(16)13-9-7-12(8-10-13)18(30,19(21,22)23)20(24,25)26/h3-11,30H,1-2H3. The van der Waals surface area contributed by atoms with Crippen molar-refractivity contribution in [3.8, 4) is 5.69 Å². The first-order valence-corrected chi connectivity index (χ1v) is 8.77. The van der Waals surface area contributed by atoms with Gasteiger partial charge >= 0.3 is 12.4 Å². The number of rotatable bonds is 3. The van der Waals surface area contributed by atoms with Gasteiger partial charge in [-0.15, -0.1) is 0 Å². The molecule has 160 valence electrons. The first-order valence-electron chi connectivity index (χ1n) is 8.77. The summed E-state index contributed by atoms with van der Waals surface area (Å²) < 4.78 is 79.6. The van der Waals surface area contributed by atoms with E-state index >= 15 is 0 Å². The van der Waals surface area contributed by atoms with Crippen molar-refractivity contribution in [2.24, 2.45) is 0 Å². The number of benzene rings is 2. The van der Waals surface area contributed by atoms with Crippen LogP contribution < -0.4 is 5.56 Å². The van der Waals surface area contributed by atoms with E-state index in [0.29, 0.717) is 17.6 Å². The summed E-state index contributed by atoms with van der Waals surface area (Å²) in [6.45, 7) is 3.49. The van der Waals surface area contributed by atoms with Crippen LogP contribution in [0.25, 0.3) is 16.6 Å². The number of halogens is 6. The third kappa shape index (κ3) is 3.34. The molecule has 0 aliphatic carbocycles. The van der Waals surface area contributed by atoms with Gasteiger partial charge in [-0.1, -0.05) is 38.1 Å². The molecule has 30 heavy (non-hydrogen) atoms. The van der Waals surface area contributed by atoms with Crippen LogP contribution in [0.5, 0.6) is 0 Å². The van der Waals surface area contributed by atoms with Gasteiger partial charge in [0.05, 0.1) is 16.6 Å². The lowest BCUT2D eigenvalue weighted by Gasteiger charge is -2.32. The summed E-state index contributed by atoms with van der Waals surface area (Å²) >= 11 is 0. The lowest BCUT2D eigenvalue weighted by Crippen LogP contribution is -2.53. The minimum atomic E-state index is -5.99. The predicted molar refractivity (Wildman–Crippen MR) is 97.4 cm³/mol. The highest BCUT2D eigenvalue weighted by Crippen LogP contribution is 2.50. The highest BCUT2D eigenvalue weighted by molar-refractivity contribution is 5.77. The van der Waals surface area contributed by atoms with Crippen molar-refractivity contribution in [1.29, 1.82) is 0 Å². The fourth-order valence-electron chi connectivity index (χ4n) is 3.13.